The van der Waals surface area contributed by atoms with Crippen LogP contribution in [-0.2, 0) is 0 Å². The summed E-state index contributed by atoms with van der Waals surface area (Å²) in [5.41, 5.74) is 0.986. The van der Waals surface area contributed by atoms with Crippen molar-refractivity contribution in [2.24, 2.45) is 0 Å². The molecule has 0 bridgehead atoms. The molecule has 1 amide bonds. The molecule has 0 aromatic carbocycles. The molecule has 1 fully saturated rings. The van der Waals surface area contributed by atoms with Gasteiger partial charge in [0.1, 0.15) is 17.4 Å². The maximum Gasteiger partial charge on any atom is 0.289 e. The van der Waals surface area contributed by atoms with Crippen LogP contribution in [0.5, 0.6) is 0 Å². The van der Waals surface area contributed by atoms with Crippen LogP contribution in [0.4, 0.5) is 5.82 Å². The van der Waals surface area contributed by atoms with Crippen LogP contribution in [0.3, 0.4) is 0 Å². The Morgan fingerprint density at radius 2 is 1.92 bits per heavy atom. The fraction of sp³-hybridized carbons (Fsp3) is 0.500. The molecule has 2 aromatic heterocycles. The number of aryl methyl sites for hydroxylation is 3. The van der Waals surface area contributed by atoms with Crippen LogP contribution in [0.25, 0.3) is 0 Å². The first-order chi connectivity index (χ1) is 11.4. The Balaban J connectivity index is 1.63. The molecule has 0 atom stereocenters. The Bertz CT molecular complexity index is 712. The molecule has 0 radical (unpaired) electrons. The van der Waals surface area contributed by atoms with Gasteiger partial charge in [0.15, 0.2) is 5.76 Å². The highest BCUT2D eigenvalue weighted by molar-refractivity contribution is 5.91. The molecule has 0 saturated carbocycles. The summed E-state index contributed by atoms with van der Waals surface area (Å²) in [6.45, 7) is 7.52. The van der Waals surface area contributed by atoms with E-state index in [4.69, 9.17) is 4.42 Å². The van der Waals surface area contributed by atoms with Gasteiger partial charge in [-0.25, -0.2) is 9.97 Å². The minimum atomic E-state index is -0.0460. The maximum atomic E-state index is 12.5. The molecule has 128 valence electrons. The largest absolute Gasteiger partial charge is 0.456 e. The Hall–Kier alpha value is -2.37. The van der Waals surface area contributed by atoms with Gasteiger partial charge in [0, 0.05) is 37.9 Å². The molecule has 1 saturated heterocycles. The van der Waals surface area contributed by atoms with Gasteiger partial charge in [-0.3, -0.25) is 4.79 Å². The van der Waals surface area contributed by atoms with Gasteiger partial charge in [-0.2, -0.15) is 0 Å². The molecular weight excluding hydrogens is 304 g/mol. The third kappa shape index (κ3) is 3.42. The first kappa shape index (κ1) is 16.5. The normalized spacial score (nSPS) is 15.6. The number of furan rings is 1. The Kier molecular flexibility index (Phi) is 4.55. The summed E-state index contributed by atoms with van der Waals surface area (Å²) in [5, 5.41) is 0. The van der Waals surface area contributed by atoms with Gasteiger partial charge in [0.2, 0.25) is 0 Å². The van der Waals surface area contributed by atoms with Crippen molar-refractivity contribution in [2.45, 2.75) is 39.7 Å². The van der Waals surface area contributed by atoms with Crippen molar-refractivity contribution >= 4 is 11.7 Å². The number of nitrogens with zero attached hydrogens (tertiary/aromatic N) is 4. The zero-order valence-corrected chi connectivity index (χ0v) is 14.7. The monoisotopic (exact) mass is 328 g/mol. The minimum absolute atomic E-state index is 0.0460. The summed E-state index contributed by atoms with van der Waals surface area (Å²) in [7, 11) is 1.86. The Labute approximate surface area is 142 Å². The number of anilines is 1. The number of rotatable bonds is 3. The van der Waals surface area contributed by atoms with Crippen molar-refractivity contribution in [3.8, 4) is 0 Å². The number of carbonyl (C=O) groups is 1. The lowest BCUT2D eigenvalue weighted by Crippen LogP contribution is -2.45. The Morgan fingerprint density at radius 1 is 1.21 bits per heavy atom. The SMILES string of the molecule is Cc1cc(N2CCC(N(C)C(=O)c3ccc(C)o3)CC2)nc(C)n1. The number of piperidine rings is 1. The van der Waals surface area contributed by atoms with E-state index in [0.29, 0.717) is 5.76 Å². The van der Waals surface area contributed by atoms with Crippen molar-refractivity contribution in [3.05, 3.63) is 41.2 Å². The molecule has 0 unspecified atom stereocenters. The molecule has 1 aliphatic rings. The van der Waals surface area contributed by atoms with E-state index in [1.807, 2.05) is 44.9 Å². The van der Waals surface area contributed by atoms with E-state index >= 15 is 0 Å². The van der Waals surface area contributed by atoms with Gasteiger partial charge in [0.25, 0.3) is 5.91 Å². The molecule has 0 N–H and O–H groups in total. The third-order valence-corrected chi connectivity index (χ3v) is 4.56. The lowest BCUT2D eigenvalue weighted by molar-refractivity contribution is 0.0675. The third-order valence-electron chi connectivity index (χ3n) is 4.56. The predicted octanol–water partition coefficient (Wildman–Crippen LogP) is 2.74. The van der Waals surface area contributed by atoms with Crippen LogP contribution in [0.2, 0.25) is 0 Å². The number of aromatic nitrogens is 2. The van der Waals surface area contributed by atoms with Gasteiger partial charge in [-0.1, -0.05) is 0 Å². The van der Waals surface area contributed by atoms with E-state index in [-0.39, 0.29) is 11.9 Å². The van der Waals surface area contributed by atoms with E-state index in [1.165, 1.54) is 0 Å². The molecule has 3 heterocycles. The second kappa shape index (κ2) is 6.63. The number of hydrogen-bond acceptors (Lipinski definition) is 5. The lowest BCUT2D eigenvalue weighted by Gasteiger charge is -2.37. The van der Waals surface area contributed by atoms with Crippen LogP contribution in [0, 0.1) is 20.8 Å². The van der Waals surface area contributed by atoms with E-state index < -0.39 is 0 Å². The summed E-state index contributed by atoms with van der Waals surface area (Å²) in [4.78, 5) is 25.4. The summed E-state index contributed by atoms with van der Waals surface area (Å²) in [5.74, 6) is 2.91. The van der Waals surface area contributed by atoms with Gasteiger partial charge < -0.3 is 14.2 Å². The lowest BCUT2D eigenvalue weighted by atomic mass is 10.0. The first-order valence-electron chi connectivity index (χ1n) is 8.35. The van der Waals surface area contributed by atoms with E-state index in [9.17, 15) is 4.79 Å². The summed E-state index contributed by atoms with van der Waals surface area (Å²) < 4.78 is 5.46. The van der Waals surface area contributed by atoms with Crippen LogP contribution >= 0.6 is 0 Å². The summed E-state index contributed by atoms with van der Waals surface area (Å²) in [6.07, 6.45) is 1.84. The highest BCUT2D eigenvalue weighted by Gasteiger charge is 2.27. The van der Waals surface area contributed by atoms with Gasteiger partial charge >= 0.3 is 0 Å². The van der Waals surface area contributed by atoms with Crippen LogP contribution in [0.1, 0.15) is 40.7 Å². The molecule has 0 spiro atoms. The number of amides is 1. The fourth-order valence-electron chi connectivity index (χ4n) is 3.23. The maximum absolute atomic E-state index is 12.5. The average Bonchev–Trinajstić information content (AvgIpc) is 2.99. The second-order valence-electron chi connectivity index (χ2n) is 6.46. The van der Waals surface area contributed by atoms with Crippen molar-refractivity contribution < 1.29 is 9.21 Å². The molecule has 2 aromatic rings. The van der Waals surface area contributed by atoms with Crippen molar-refractivity contribution in [2.75, 3.05) is 25.0 Å². The molecule has 1 aliphatic heterocycles. The van der Waals surface area contributed by atoms with Crippen LogP contribution < -0.4 is 4.90 Å². The van der Waals surface area contributed by atoms with Crippen molar-refractivity contribution in [1.82, 2.24) is 14.9 Å². The smallest absolute Gasteiger partial charge is 0.289 e. The highest BCUT2D eigenvalue weighted by atomic mass is 16.3. The van der Waals surface area contributed by atoms with Gasteiger partial charge in [-0.15, -0.1) is 0 Å². The number of carbonyl (C=O) groups excluding carboxylic acids is 1. The second-order valence-corrected chi connectivity index (χ2v) is 6.46. The molecule has 0 aliphatic carbocycles. The van der Waals surface area contributed by atoms with Crippen LogP contribution in [0.15, 0.2) is 22.6 Å². The standard InChI is InChI=1S/C18H24N4O2/c1-12-11-17(20-14(3)19-12)22-9-7-15(8-10-22)21(4)18(23)16-6-5-13(2)24-16/h5-6,11,15H,7-10H2,1-4H3. The number of hydrogen-bond donors (Lipinski definition) is 0. The zero-order valence-electron chi connectivity index (χ0n) is 14.7. The predicted molar refractivity (Wildman–Crippen MR) is 92.3 cm³/mol. The summed E-state index contributed by atoms with van der Waals surface area (Å²) >= 11 is 0. The van der Waals surface area contributed by atoms with E-state index in [2.05, 4.69) is 14.9 Å². The van der Waals surface area contributed by atoms with E-state index in [0.717, 1.165) is 49.0 Å². The first-order valence-corrected chi connectivity index (χ1v) is 8.35. The molecule has 24 heavy (non-hydrogen) atoms. The Morgan fingerprint density at radius 3 is 2.50 bits per heavy atom. The fourth-order valence-corrected chi connectivity index (χ4v) is 3.23. The van der Waals surface area contributed by atoms with Crippen LogP contribution in [-0.4, -0.2) is 47.0 Å². The quantitative estimate of drug-likeness (QED) is 0.867. The molecule has 6 heteroatoms. The summed E-state index contributed by atoms with van der Waals surface area (Å²) in [6, 6.07) is 5.82. The average molecular weight is 328 g/mol. The van der Waals surface area contributed by atoms with Gasteiger partial charge in [-0.05, 0) is 45.7 Å². The minimum Gasteiger partial charge on any atom is -0.456 e. The molecule has 6 nitrogen and oxygen atoms in total. The highest BCUT2D eigenvalue weighted by Crippen LogP contribution is 2.22. The molecule has 3 rings (SSSR count). The topological polar surface area (TPSA) is 62.5 Å². The molecular formula is C18H24N4O2. The van der Waals surface area contributed by atoms with Gasteiger partial charge in [0.05, 0.1) is 0 Å². The van der Waals surface area contributed by atoms with Crippen molar-refractivity contribution in [3.63, 3.8) is 0 Å². The van der Waals surface area contributed by atoms with Crippen molar-refractivity contribution in [1.29, 1.82) is 0 Å². The zero-order chi connectivity index (χ0) is 17.3. The van der Waals surface area contributed by atoms with E-state index in [1.54, 1.807) is 6.07 Å².